The zero-order chi connectivity index (χ0) is 12.1. The molecule has 0 atom stereocenters. The minimum Gasteiger partial charge on any atom is -0.496 e. The first-order valence-electron chi connectivity index (χ1n) is 4.63. The topological polar surface area (TPSA) is 61.6 Å². The van der Waals surface area contributed by atoms with Crippen LogP contribution in [0.15, 0.2) is 23.9 Å². The van der Waals surface area contributed by atoms with Gasteiger partial charge >= 0.3 is 0 Å². The van der Waals surface area contributed by atoms with Crippen molar-refractivity contribution in [1.82, 2.24) is 0 Å². The Morgan fingerprint density at radius 3 is 2.19 bits per heavy atom. The van der Waals surface area contributed by atoms with Crippen molar-refractivity contribution in [2.24, 2.45) is 0 Å². The highest BCUT2D eigenvalue weighted by atomic mass is 16.6. The van der Waals surface area contributed by atoms with Crippen LogP contribution in [-0.2, 0) is 0 Å². The monoisotopic (exact) mass is 223 g/mol. The van der Waals surface area contributed by atoms with Gasteiger partial charge in [-0.25, -0.2) is 0 Å². The molecule has 0 radical (unpaired) electrons. The summed E-state index contributed by atoms with van der Waals surface area (Å²) in [5.41, 5.74) is 0.601. The Labute approximate surface area is 93.4 Å². The molecule has 1 rings (SSSR count). The highest BCUT2D eigenvalue weighted by Gasteiger charge is 2.11. The van der Waals surface area contributed by atoms with Crippen molar-refractivity contribution < 1.29 is 14.4 Å². The Balaban J connectivity index is 3.29. The van der Waals surface area contributed by atoms with Crippen molar-refractivity contribution in [2.75, 3.05) is 14.2 Å². The Bertz CT molecular complexity index is 404. The number of rotatable bonds is 4. The smallest absolute Gasteiger partial charge is 0.244 e. The second kappa shape index (κ2) is 5.16. The summed E-state index contributed by atoms with van der Waals surface area (Å²) in [7, 11) is 3.02. The van der Waals surface area contributed by atoms with Gasteiger partial charge in [0.05, 0.1) is 24.7 Å². The van der Waals surface area contributed by atoms with E-state index in [2.05, 4.69) is 0 Å². The fourth-order valence-corrected chi connectivity index (χ4v) is 1.28. The first-order chi connectivity index (χ1) is 7.60. The average Bonchev–Trinajstić information content (AvgIpc) is 2.29. The molecule has 1 aromatic carbocycles. The van der Waals surface area contributed by atoms with Gasteiger partial charge < -0.3 is 9.47 Å². The molecule has 0 bridgehead atoms. The zero-order valence-electron chi connectivity index (χ0n) is 9.39. The third-order valence-corrected chi connectivity index (χ3v) is 2.11. The van der Waals surface area contributed by atoms with E-state index >= 15 is 0 Å². The van der Waals surface area contributed by atoms with Gasteiger partial charge in [0.2, 0.25) is 5.70 Å². The molecule has 0 aliphatic heterocycles. The van der Waals surface area contributed by atoms with Gasteiger partial charge in [0, 0.05) is 13.0 Å². The summed E-state index contributed by atoms with van der Waals surface area (Å²) in [6, 6.07) is 5.21. The molecule has 5 heteroatoms. The fraction of sp³-hybridized carbons (Fsp3) is 0.273. The molecule has 16 heavy (non-hydrogen) atoms. The maximum atomic E-state index is 10.6. The molecule has 0 aromatic heterocycles. The van der Waals surface area contributed by atoms with E-state index in [1.54, 1.807) is 18.2 Å². The van der Waals surface area contributed by atoms with Gasteiger partial charge in [-0.2, -0.15) is 0 Å². The van der Waals surface area contributed by atoms with Crippen molar-refractivity contribution in [3.05, 3.63) is 39.6 Å². The van der Waals surface area contributed by atoms with E-state index in [1.807, 2.05) is 0 Å². The number of allylic oxidation sites excluding steroid dienone is 1. The SMILES string of the molecule is COc1cccc(OC)c1/C=C(/C)[N+](=O)[O-]. The van der Waals surface area contributed by atoms with Gasteiger partial charge in [0.25, 0.3) is 0 Å². The van der Waals surface area contributed by atoms with Gasteiger partial charge in [-0.3, -0.25) is 10.1 Å². The minimum absolute atomic E-state index is 0.0304. The molecule has 0 N–H and O–H groups in total. The van der Waals surface area contributed by atoms with E-state index in [4.69, 9.17) is 9.47 Å². The summed E-state index contributed by atoms with van der Waals surface area (Å²) < 4.78 is 10.2. The summed E-state index contributed by atoms with van der Waals surface area (Å²) >= 11 is 0. The quantitative estimate of drug-likeness (QED) is 0.580. The third-order valence-electron chi connectivity index (χ3n) is 2.11. The number of hydrogen-bond donors (Lipinski definition) is 0. The number of hydrogen-bond acceptors (Lipinski definition) is 4. The number of benzene rings is 1. The van der Waals surface area contributed by atoms with E-state index in [1.165, 1.54) is 27.2 Å². The van der Waals surface area contributed by atoms with Crippen LogP contribution in [0.2, 0.25) is 0 Å². The molecular weight excluding hydrogens is 210 g/mol. The van der Waals surface area contributed by atoms with Crippen LogP contribution in [0.4, 0.5) is 0 Å². The lowest BCUT2D eigenvalue weighted by molar-refractivity contribution is -0.422. The summed E-state index contributed by atoms with van der Waals surface area (Å²) in [6.45, 7) is 1.42. The van der Waals surface area contributed by atoms with Crippen LogP contribution in [0.1, 0.15) is 12.5 Å². The van der Waals surface area contributed by atoms with Crippen LogP contribution in [0.25, 0.3) is 6.08 Å². The Morgan fingerprint density at radius 2 is 1.81 bits per heavy atom. The van der Waals surface area contributed by atoms with Crippen molar-refractivity contribution in [3.63, 3.8) is 0 Å². The largest absolute Gasteiger partial charge is 0.496 e. The predicted molar refractivity (Wildman–Crippen MR) is 60.2 cm³/mol. The predicted octanol–water partition coefficient (Wildman–Crippen LogP) is 2.34. The normalized spacial score (nSPS) is 11.1. The van der Waals surface area contributed by atoms with Crippen LogP contribution in [-0.4, -0.2) is 19.1 Å². The zero-order valence-corrected chi connectivity index (χ0v) is 9.39. The van der Waals surface area contributed by atoms with Crippen LogP contribution in [0.5, 0.6) is 11.5 Å². The molecule has 0 heterocycles. The fourth-order valence-electron chi connectivity index (χ4n) is 1.28. The van der Waals surface area contributed by atoms with Crippen molar-refractivity contribution in [1.29, 1.82) is 0 Å². The Morgan fingerprint density at radius 1 is 1.31 bits per heavy atom. The highest BCUT2D eigenvalue weighted by molar-refractivity contribution is 5.65. The first-order valence-corrected chi connectivity index (χ1v) is 4.63. The van der Waals surface area contributed by atoms with Crippen LogP contribution < -0.4 is 9.47 Å². The van der Waals surface area contributed by atoms with E-state index in [9.17, 15) is 10.1 Å². The minimum atomic E-state index is -0.453. The van der Waals surface area contributed by atoms with E-state index in [0.29, 0.717) is 17.1 Å². The van der Waals surface area contributed by atoms with Gasteiger partial charge in [-0.15, -0.1) is 0 Å². The first kappa shape index (κ1) is 12.0. The second-order valence-corrected chi connectivity index (χ2v) is 3.12. The van der Waals surface area contributed by atoms with Crippen molar-refractivity contribution in [2.45, 2.75) is 6.92 Å². The van der Waals surface area contributed by atoms with Crippen molar-refractivity contribution in [3.8, 4) is 11.5 Å². The summed E-state index contributed by atoms with van der Waals surface area (Å²) in [5.74, 6) is 1.08. The maximum Gasteiger partial charge on any atom is 0.244 e. The molecule has 0 aliphatic rings. The van der Waals surface area contributed by atoms with E-state index in [-0.39, 0.29) is 5.70 Å². The average molecular weight is 223 g/mol. The molecule has 0 unspecified atom stereocenters. The lowest BCUT2D eigenvalue weighted by Gasteiger charge is -2.09. The van der Waals surface area contributed by atoms with Crippen LogP contribution >= 0.6 is 0 Å². The number of methoxy groups -OCH3 is 2. The van der Waals surface area contributed by atoms with E-state index < -0.39 is 4.92 Å². The highest BCUT2D eigenvalue weighted by Crippen LogP contribution is 2.30. The molecular formula is C11H13NO4. The molecule has 0 fully saturated rings. The molecule has 0 spiro atoms. The summed E-state index contributed by atoms with van der Waals surface area (Å²) in [5, 5.41) is 10.6. The van der Waals surface area contributed by atoms with Gasteiger partial charge in [-0.05, 0) is 12.1 Å². The molecule has 0 aliphatic carbocycles. The second-order valence-electron chi connectivity index (χ2n) is 3.12. The Kier molecular flexibility index (Phi) is 3.88. The third kappa shape index (κ3) is 2.50. The summed E-state index contributed by atoms with van der Waals surface area (Å²) in [6.07, 6.45) is 1.43. The molecule has 86 valence electrons. The maximum absolute atomic E-state index is 10.6. The number of nitrogens with zero attached hydrogens (tertiary/aromatic N) is 1. The van der Waals surface area contributed by atoms with Crippen LogP contribution in [0, 0.1) is 10.1 Å². The van der Waals surface area contributed by atoms with Gasteiger partial charge in [0.15, 0.2) is 0 Å². The standard InChI is InChI=1S/C11H13NO4/c1-8(12(13)14)7-9-10(15-2)5-4-6-11(9)16-3/h4-7H,1-3H3/b8-7-. The van der Waals surface area contributed by atoms with Crippen molar-refractivity contribution >= 4 is 6.08 Å². The molecule has 0 amide bonds. The molecule has 0 saturated carbocycles. The lowest BCUT2D eigenvalue weighted by Crippen LogP contribution is -1.96. The lowest BCUT2D eigenvalue weighted by atomic mass is 10.1. The molecule has 0 saturated heterocycles. The number of nitro groups is 1. The van der Waals surface area contributed by atoms with Gasteiger partial charge in [0.1, 0.15) is 11.5 Å². The summed E-state index contributed by atoms with van der Waals surface area (Å²) in [4.78, 5) is 10.1. The van der Waals surface area contributed by atoms with Gasteiger partial charge in [-0.1, -0.05) is 6.07 Å². The molecule has 5 nitrogen and oxygen atoms in total. The Hall–Kier alpha value is -2.04. The van der Waals surface area contributed by atoms with Crippen LogP contribution in [0.3, 0.4) is 0 Å². The number of ether oxygens (including phenoxy) is 2. The molecule has 1 aromatic rings. The van der Waals surface area contributed by atoms with E-state index in [0.717, 1.165) is 0 Å².